The number of amides is 3. The quantitative estimate of drug-likeness (QED) is 0.691. The Balaban J connectivity index is 1.47. The van der Waals surface area contributed by atoms with Gasteiger partial charge in [-0.15, -0.1) is 0 Å². The zero-order valence-electron chi connectivity index (χ0n) is 15.9. The van der Waals surface area contributed by atoms with Crippen molar-refractivity contribution in [3.63, 3.8) is 0 Å². The molecule has 2 aromatic carbocycles. The van der Waals surface area contributed by atoms with Crippen molar-refractivity contribution in [2.45, 2.75) is 25.9 Å². The van der Waals surface area contributed by atoms with Gasteiger partial charge in [0.05, 0.1) is 29.0 Å². The van der Waals surface area contributed by atoms with Crippen molar-refractivity contribution in [2.75, 3.05) is 6.79 Å². The van der Waals surface area contributed by atoms with Gasteiger partial charge in [-0.2, -0.15) is 0 Å². The summed E-state index contributed by atoms with van der Waals surface area (Å²) in [6, 6.07) is 12.3. The van der Waals surface area contributed by atoms with Crippen molar-refractivity contribution in [3.05, 3.63) is 59.4 Å². The average Bonchev–Trinajstić information content (AvgIpc) is 3.26. The van der Waals surface area contributed by atoms with Crippen LogP contribution in [0.1, 0.15) is 23.9 Å². The van der Waals surface area contributed by atoms with E-state index in [-0.39, 0.29) is 19.2 Å². The molecule has 29 heavy (non-hydrogen) atoms. The molecule has 5 rings (SSSR count). The van der Waals surface area contributed by atoms with Crippen LogP contribution in [0.5, 0.6) is 11.5 Å². The van der Waals surface area contributed by atoms with Crippen molar-refractivity contribution < 1.29 is 19.1 Å². The van der Waals surface area contributed by atoms with Crippen molar-refractivity contribution in [1.29, 1.82) is 0 Å². The van der Waals surface area contributed by atoms with Crippen molar-refractivity contribution in [2.24, 2.45) is 0 Å². The molecule has 0 spiro atoms. The topological polar surface area (TPSA) is 93.7 Å². The Morgan fingerprint density at radius 2 is 1.79 bits per heavy atom. The molecule has 1 fully saturated rings. The minimum Gasteiger partial charge on any atom is -0.454 e. The summed E-state index contributed by atoms with van der Waals surface area (Å²) in [4.78, 5) is 36.2. The maximum Gasteiger partial charge on any atom is 0.325 e. The number of benzene rings is 2. The van der Waals surface area contributed by atoms with Gasteiger partial charge >= 0.3 is 6.03 Å². The number of ether oxygens (including phenoxy) is 2. The first-order chi connectivity index (χ1) is 14.0. The smallest absolute Gasteiger partial charge is 0.325 e. The molecule has 3 heterocycles. The van der Waals surface area contributed by atoms with E-state index in [4.69, 9.17) is 9.47 Å². The summed E-state index contributed by atoms with van der Waals surface area (Å²) in [7, 11) is 0. The lowest BCUT2D eigenvalue weighted by Crippen LogP contribution is -2.40. The van der Waals surface area contributed by atoms with E-state index in [1.54, 1.807) is 25.1 Å². The number of para-hydroxylation sites is 2. The van der Waals surface area contributed by atoms with Crippen LogP contribution in [0, 0.1) is 6.92 Å². The van der Waals surface area contributed by atoms with Crippen LogP contribution in [0.15, 0.2) is 42.5 Å². The van der Waals surface area contributed by atoms with Crippen molar-refractivity contribution in [1.82, 2.24) is 20.2 Å². The Hall–Kier alpha value is -3.68. The second-order valence-corrected chi connectivity index (χ2v) is 7.26. The van der Waals surface area contributed by atoms with Gasteiger partial charge in [0.15, 0.2) is 11.5 Å². The zero-order valence-corrected chi connectivity index (χ0v) is 15.9. The van der Waals surface area contributed by atoms with E-state index in [0.717, 1.165) is 11.0 Å². The highest BCUT2D eigenvalue weighted by Gasteiger charge is 2.49. The highest BCUT2D eigenvalue weighted by molar-refractivity contribution is 6.07. The van der Waals surface area contributed by atoms with Crippen molar-refractivity contribution >= 4 is 23.0 Å². The van der Waals surface area contributed by atoms with Gasteiger partial charge in [0, 0.05) is 0 Å². The van der Waals surface area contributed by atoms with Crippen LogP contribution in [-0.2, 0) is 16.9 Å². The Labute approximate surface area is 166 Å². The molecule has 8 nitrogen and oxygen atoms in total. The van der Waals surface area contributed by atoms with Crippen LogP contribution in [-0.4, -0.2) is 33.6 Å². The van der Waals surface area contributed by atoms with Gasteiger partial charge in [0.2, 0.25) is 6.79 Å². The molecule has 8 heteroatoms. The Kier molecular flexibility index (Phi) is 3.70. The highest BCUT2D eigenvalue weighted by Crippen LogP contribution is 2.38. The van der Waals surface area contributed by atoms with E-state index in [9.17, 15) is 9.59 Å². The molecule has 0 radical (unpaired) electrons. The average molecular weight is 390 g/mol. The van der Waals surface area contributed by atoms with Crippen LogP contribution >= 0.6 is 0 Å². The molecule has 0 saturated carbocycles. The van der Waals surface area contributed by atoms with Crippen LogP contribution < -0.4 is 14.8 Å². The number of aryl methyl sites for hydroxylation is 1. The van der Waals surface area contributed by atoms with E-state index in [0.29, 0.717) is 28.5 Å². The molecule has 2 aliphatic heterocycles. The summed E-state index contributed by atoms with van der Waals surface area (Å²) in [6.45, 7) is 3.70. The van der Waals surface area contributed by atoms with Gasteiger partial charge in [-0.25, -0.2) is 14.8 Å². The third-order valence-corrected chi connectivity index (χ3v) is 5.38. The highest BCUT2D eigenvalue weighted by atomic mass is 16.7. The minimum absolute atomic E-state index is 0.0501. The predicted molar refractivity (Wildman–Crippen MR) is 103 cm³/mol. The second-order valence-electron chi connectivity index (χ2n) is 7.26. The largest absolute Gasteiger partial charge is 0.454 e. The minimum atomic E-state index is -1.20. The third kappa shape index (κ3) is 2.67. The number of nitrogens with zero attached hydrogens (tertiary/aromatic N) is 3. The zero-order chi connectivity index (χ0) is 20.2. The maximum atomic E-state index is 13.2. The fourth-order valence-electron chi connectivity index (χ4n) is 3.67. The number of hydrogen-bond acceptors (Lipinski definition) is 6. The lowest BCUT2D eigenvalue weighted by molar-refractivity contribution is -0.131. The van der Waals surface area contributed by atoms with E-state index in [1.807, 2.05) is 31.2 Å². The number of rotatable bonds is 3. The number of imide groups is 1. The number of fused-ring (bicyclic) bond motifs is 2. The predicted octanol–water partition coefficient (Wildman–Crippen LogP) is 2.63. The summed E-state index contributed by atoms with van der Waals surface area (Å²) in [5.74, 6) is 0.823. The van der Waals surface area contributed by atoms with Crippen LogP contribution in [0.3, 0.4) is 0 Å². The van der Waals surface area contributed by atoms with Gasteiger partial charge in [-0.05, 0) is 43.7 Å². The molecule has 1 atom stereocenters. The molecule has 1 N–H and O–H groups in total. The molecular weight excluding hydrogens is 372 g/mol. The fraction of sp³-hybridized carbons (Fsp3) is 0.238. The van der Waals surface area contributed by atoms with E-state index < -0.39 is 11.6 Å². The summed E-state index contributed by atoms with van der Waals surface area (Å²) >= 11 is 0. The molecule has 3 amide bonds. The first kappa shape index (κ1) is 17.4. The Bertz CT molecular complexity index is 1180. The molecular formula is C21H18N4O4. The lowest BCUT2D eigenvalue weighted by atomic mass is 9.91. The van der Waals surface area contributed by atoms with Gasteiger partial charge in [-0.1, -0.05) is 18.2 Å². The second kappa shape index (κ2) is 6.16. The number of aromatic nitrogens is 2. The Morgan fingerprint density at radius 3 is 2.59 bits per heavy atom. The number of hydrogen-bond donors (Lipinski definition) is 1. The van der Waals surface area contributed by atoms with Crippen LogP contribution in [0.25, 0.3) is 11.0 Å². The summed E-state index contributed by atoms with van der Waals surface area (Å²) in [6.07, 6.45) is 0. The van der Waals surface area contributed by atoms with E-state index in [1.165, 1.54) is 4.90 Å². The maximum absolute atomic E-state index is 13.2. The molecule has 0 bridgehead atoms. The summed E-state index contributed by atoms with van der Waals surface area (Å²) < 4.78 is 10.7. The van der Waals surface area contributed by atoms with Gasteiger partial charge in [-0.3, -0.25) is 9.69 Å². The molecule has 2 aliphatic rings. The lowest BCUT2D eigenvalue weighted by Gasteiger charge is -2.22. The molecule has 146 valence electrons. The van der Waals surface area contributed by atoms with Gasteiger partial charge in [0.1, 0.15) is 5.54 Å². The van der Waals surface area contributed by atoms with Gasteiger partial charge < -0.3 is 14.8 Å². The number of carbonyl (C=O) groups is 2. The van der Waals surface area contributed by atoms with E-state index >= 15 is 0 Å². The van der Waals surface area contributed by atoms with E-state index in [2.05, 4.69) is 15.3 Å². The van der Waals surface area contributed by atoms with Crippen LogP contribution in [0.2, 0.25) is 0 Å². The summed E-state index contributed by atoms with van der Waals surface area (Å²) in [5.41, 5.74) is 2.19. The number of carbonyl (C=O) groups excluding carboxylic acids is 2. The SMILES string of the molecule is Cc1nc2ccccc2nc1CN1C(=O)N[C@@](C)(c2ccc3c(c2)OCO3)C1=O. The molecule has 1 saturated heterocycles. The third-order valence-electron chi connectivity index (χ3n) is 5.38. The van der Waals surface area contributed by atoms with Crippen LogP contribution in [0.4, 0.5) is 4.79 Å². The fourth-order valence-corrected chi connectivity index (χ4v) is 3.67. The molecule has 0 aliphatic carbocycles. The standard InChI is InChI=1S/C21H18N4O4/c1-12-16(23-15-6-4-3-5-14(15)22-12)10-25-19(26)21(2,24-20(25)27)13-7-8-17-18(9-13)29-11-28-17/h3-9H,10-11H2,1-2H3,(H,24,27)/t21-/m0/s1. The summed E-state index contributed by atoms with van der Waals surface area (Å²) in [5, 5.41) is 2.81. The number of nitrogens with one attached hydrogen (secondary N) is 1. The first-order valence-electron chi connectivity index (χ1n) is 9.22. The molecule has 1 aromatic heterocycles. The normalized spacial score (nSPS) is 20.4. The van der Waals surface area contributed by atoms with Gasteiger partial charge in [0.25, 0.3) is 5.91 Å². The van der Waals surface area contributed by atoms with Crippen molar-refractivity contribution in [3.8, 4) is 11.5 Å². The molecule has 0 unspecified atom stereocenters. The molecule has 3 aromatic rings. The number of urea groups is 1. The Morgan fingerprint density at radius 1 is 1.07 bits per heavy atom. The first-order valence-corrected chi connectivity index (χ1v) is 9.22. The monoisotopic (exact) mass is 390 g/mol.